The molecule has 10 heteroatoms. The fraction of sp³-hybridized carbons (Fsp3) is 0.629. The van der Waals surface area contributed by atoms with Gasteiger partial charge in [-0.05, 0) is 118 Å². The lowest BCUT2D eigenvalue weighted by Gasteiger charge is -2.50. The summed E-state index contributed by atoms with van der Waals surface area (Å²) in [6, 6.07) is 11.5. The number of hydrogen-bond donors (Lipinski definition) is 2. The summed E-state index contributed by atoms with van der Waals surface area (Å²) >= 11 is 6.43. The van der Waals surface area contributed by atoms with Crippen LogP contribution in [-0.2, 0) is 26.6 Å². The lowest BCUT2D eigenvalue weighted by atomic mass is 9.63. The number of fused-ring (bicyclic) bond motifs is 4. The number of aryl methyl sites for hydroxylation is 1. The van der Waals surface area contributed by atoms with Crippen molar-refractivity contribution >= 4 is 33.2 Å². The van der Waals surface area contributed by atoms with Gasteiger partial charge in [-0.15, -0.1) is 0 Å². The number of carbonyl (C=O) groups excluding carboxylic acids is 1. The SMILES string of the molecule is CO[C@@]1(C)CCC[C@H](C)[C@@H](CCO)S(=O)(=O)NC(=O)c2ccc3c(c2)N(C[C@@H]2CC[C@H]21)C[C@@]1(CCCc2cc(Cl)ccc21)CO3. The highest BCUT2D eigenvalue weighted by molar-refractivity contribution is 7.90. The van der Waals surface area contributed by atoms with Crippen molar-refractivity contribution in [3.8, 4) is 5.75 Å². The number of amides is 1. The molecule has 2 aromatic carbocycles. The van der Waals surface area contributed by atoms with Crippen LogP contribution in [0.25, 0.3) is 0 Å². The zero-order chi connectivity index (χ0) is 32.0. The highest BCUT2D eigenvalue weighted by Gasteiger charge is 2.48. The van der Waals surface area contributed by atoms with E-state index >= 15 is 0 Å². The number of hydrogen-bond acceptors (Lipinski definition) is 7. The van der Waals surface area contributed by atoms with Gasteiger partial charge in [-0.3, -0.25) is 4.79 Å². The first-order valence-corrected chi connectivity index (χ1v) is 18.4. The van der Waals surface area contributed by atoms with Crippen molar-refractivity contribution in [1.82, 2.24) is 4.72 Å². The minimum Gasteiger partial charge on any atom is -0.490 e. The maximum absolute atomic E-state index is 13.6. The molecule has 2 bridgehead atoms. The largest absolute Gasteiger partial charge is 0.490 e. The maximum Gasteiger partial charge on any atom is 0.264 e. The second-order valence-corrected chi connectivity index (χ2v) is 16.5. The molecule has 2 aromatic rings. The number of anilines is 1. The Morgan fingerprint density at radius 3 is 2.69 bits per heavy atom. The second-order valence-electron chi connectivity index (χ2n) is 14.1. The van der Waals surface area contributed by atoms with Crippen LogP contribution in [0.4, 0.5) is 5.69 Å². The number of aliphatic hydroxyl groups excluding tert-OH is 1. The normalized spacial score (nSPS) is 33.2. The summed E-state index contributed by atoms with van der Waals surface area (Å²) in [5, 5.41) is 9.61. The highest BCUT2D eigenvalue weighted by atomic mass is 35.5. The third kappa shape index (κ3) is 6.22. The van der Waals surface area contributed by atoms with E-state index in [-0.39, 0.29) is 35.5 Å². The smallest absolute Gasteiger partial charge is 0.264 e. The van der Waals surface area contributed by atoms with Gasteiger partial charge in [-0.25, -0.2) is 13.1 Å². The Morgan fingerprint density at radius 1 is 1.13 bits per heavy atom. The predicted molar refractivity (Wildman–Crippen MR) is 177 cm³/mol. The van der Waals surface area contributed by atoms with Crippen molar-refractivity contribution in [3.63, 3.8) is 0 Å². The minimum absolute atomic E-state index is 0.0661. The molecule has 45 heavy (non-hydrogen) atoms. The molecule has 2 heterocycles. The van der Waals surface area contributed by atoms with E-state index in [0.29, 0.717) is 30.6 Å². The third-order valence-corrected chi connectivity index (χ3v) is 13.6. The van der Waals surface area contributed by atoms with Gasteiger partial charge < -0.3 is 19.5 Å². The Morgan fingerprint density at radius 2 is 1.96 bits per heavy atom. The zero-order valence-corrected chi connectivity index (χ0v) is 28.3. The number of halogens is 1. The number of methoxy groups -OCH3 is 1. The number of aliphatic hydroxyl groups is 1. The Balaban J connectivity index is 1.43. The first kappa shape index (κ1) is 32.6. The van der Waals surface area contributed by atoms with Crippen LogP contribution < -0.4 is 14.4 Å². The molecule has 4 aliphatic rings. The highest BCUT2D eigenvalue weighted by Crippen LogP contribution is 2.49. The summed E-state index contributed by atoms with van der Waals surface area (Å²) in [5.41, 5.74) is 3.04. The number of benzene rings is 2. The zero-order valence-electron chi connectivity index (χ0n) is 26.7. The monoisotopic (exact) mass is 658 g/mol. The Kier molecular flexibility index (Phi) is 9.20. The number of sulfonamides is 1. The van der Waals surface area contributed by atoms with Crippen LogP contribution in [-0.4, -0.2) is 63.7 Å². The molecular formula is C35H47ClN2O6S. The van der Waals surface area contributed by atoms with Gasteiger partial charge in [0.25, 0.3) is 5.91 Å². The van der Waals surface area contributed by atoms with Crippen LogP contribution in [0, 0.1) is 17.8 Å². The molecular weight excluding hydrogens is 612 g/mol. The van der Waals surface area contributed by atoms with E-state index in [1.54, 1.807) is 19.2 Å². The van der Waals surface area contributed by atoms with E-state index in [1.165, 1.54) is 11.1 Å². The van der Waals surface area contributed by atoms with Crippen molar-refractivity contribution in [1.29, 1.82) is 0 Å². The Bertz CT molecular complexity index is 1530. The molecule has 8 nitrogen and oxygen atoms in total. The van der Waals surface area contributed by atoms with E-state index < -0.39 is 21.2 Å². The van der Waals surface area contributed by atoms with E-state index in [0.717, 1.165) is 68.7 Å². The molecule has 0 radical (unpaired) electrons. The molecule has 0 saturated heterocycles. The van der Waals surface area contributed by atoms with Crippen LogP contribution in [0.5, 0.6) is 5.75 Å². The molecule has 2 N–H and O–H groups in total. The molecule has 6 atom stereocenters. The minimum atomic E-state index is -4.05. The van der Waals surface area contributed by atoms with Crippen molar-refractivity contribution in [2.45, 2.75) is 87.9 Å². The molecule has 246 valence electrons. The summed E-state index contributed by atoms with van der Waals surface area (Å²) in [6.45, 7) is 5.86. The van der Waals surface area contributed by atoms with Gasteiger partial charge in [0.1, 0.15) is 5.75 Å². The second kappa shape index (κ2) is 12.7. The molecule has 0 unspecified atom stereocenters. The number of ether oxygens (including phenoxy) is 2. The lowest BCUT2D eigenvalue weighted by molar-refractivity contribution is -0.103. The molecule has 0 aromatic heterocycles. The van der Waals surface area contributed by atoms with E-state index in [2.05, 4.69) is 28.7 Å². The van der Waals surface area contributed by atoms with Gasteiger partial charge in [-0.1, -0.05) is 31.0 Å². The van der Waals surface area contributed by atoms with Crippen molar-refractivity contribution in [2.75, 3.05) is 38.3 Å². The van der Waals surface area contributed by atoms with Gasteiger partial charge in [0.05, 0.1) is 23.1 Å². The number of nitrogens with zero attached hydrogens (tertiary/aromatic N) is 1. The van der Waals surface area contributed by atoms with Crippen LogP contribution in [0.2, 0.25) is 5.02 Å². The summed E-state index contributed by atoms with van der Waals surface area (Å²) < 4.78 is 42.3. The quantitative estimate of drug-likeness (QED) is 0.425. The molecule has 1 spiro atoms. The van der Waals surface area contributed by atoms with E-state index in [4.69, 9.17) is 21.1 Å². The van der Waals surface area contributed by atoms with Crippen LogP contribution >= 0.6 is 11.6 Å². The summed E-state index contributed by atoms with van der Waals surface area (Å²) in [4.78, 5) is 15.9. The lowest BCUT2D eigenvalue weighted by Crippen LogP contribution is -2.52. The van der Waals surface area contributed by atoms with E-state index in [1.807, 2.05) is 19.1 Å². The van der Waals surface area contributed by atoms with Crippen LogP contribution in [0.1, 0.15) is 86.7 Å². The Hall–Kier alpha value is -2.33. The molecule has 2 aliphatic carbocycles. The fourth-order valence-electron chi connectivity index (χ4n) is 8.67. The first-order valence-electron chi connectivity index (χ1n) is 16.5. The number of carbonyl (C=O) groups is 1. The van der Waals surface area contributed by atoms with Gasteiger partial charge in [0.15, 0.2) is 0 Å². The maximum atomic E-state index is 13.6. The van der Waals surface area contributed by atoms with Gasteiger partial charge in [0.2, 0.25) is 10.0 Å². The average Bonchev–Trinajstić information content (AvgIpc) is 3.14. The molecule has 1 saturated carbocycles. The number of rotatable bonds is 3. The standard InChI is InChI=1S/C35H47ClN2O6S/c1-23-6-4-15-34(2,43-3)28-11-8-26(28)20-38-21-35(16-5-7-24-18-27(36)10-12-29(24)35)22-44-31-13-9-25(19-30(31)38)33(40)37-45(41,42)32(23)14-17-39/h9-10,12-13,18-19,23,26,28,32,39H,4-8,11,14-17,20-22H2,1-3H3,(H,37,40)/t23-,26-,28+,32+,34-,35-/m0/s1. The summed E-state index contributed by atoms with van der Waals surface area (Å²) in [7, 11) is -2.25. The topological polar surface area (TPSA) is 105 Å². The summed E-state index contributed by atoms with van der Waals surface area (Å²) in [5.74, 6) is 0.552. The van der Waals surface area contributed by atoms with Crippen molar-refractivity contribution in [2.24, 2.45) is 17.8 Å². The third-order valence-electron chi connectivity index (χ3n) is 11.4. The molecule has 1 amide bonds. The fourth-order valence-corrected chi connectivity index (χ4v) is 10.6. The van der Waals surface area contributed by atoms with Gasteiger partial charge in [0, 0.05) is 42.8 Å². The first-order chi connectivity index (χ1) is 21.5. The molecule has 2 aliphatic heterocycles. The van der Waals surface area contributed by atoms with Gasteiger partial charge >= 0.3 is 0 Å². The molecule has 1 fully saturated rings. The van der Waals surface area contributed by atoms with Crippen LogP contribution in [0.3, 0.4) is 0 Å². The van der Waals surface area contributed by atoms with E-state index in [9.17, 15) is 18.3 Å². The molecule has 6 rings (SSSR count). The number of nitrogens with one attached hydrogen (secondary N) is 1. The Labute approximate surface area is 272 Å². The summed E-state index contributed by atoms with van der Waals surface area (Å²) in [6.07, 6.45) is 7.51. The predicted octanol–water partition coefficient (Wildman–Crippen LogP) is 5.88. The van der Waals surface area contributed by atoms with Gasteiger partial charge in [-0.2, -0.15) is 0 Å². The van der Waals surface area contributed by atoms with Crippen LogP contribution in [0.15, 0.2) is 36.4 Å². The van der Waals surface area contributed by atoms with Crippen molar-refractivity contribution in [3.05, 3.63) is 58.1 Å². The average molecular weight is 659 g/mol. The van der Waals surface area contributed by atoms with Crippen molar-refractivity contribution < 1.29 is 27.8 Å².